The number of carbonyl (C=O) groups is 1. The average molecular weight is 344 g/mol. The number of aliphatic hydroxyl groups excluding tert-OH is 1. The summed E-state index contributed by atoms with van der Waals surface area (Å²) in [5, 5.41) is 12.1. The molecule has 2 heterocycles. The summed E-state index contributed by atoms with van der Waals surface area (Å²) in [5.41, 5.74) is -1.56. The highest BCUT2D eigenvalue weighted by Crippen LogP contribution is 2.42. The van der Waals surface area contributed by atoms with Crippen LogP contribution in [-0.2, 0) is 10.9 Å². The van der Waals surface area contributed by atoms with E-state index in [0.717, 1.165) is 6.07 Å². The maximum absolute atomic E-state index is 13.0. The topological polar surface area (TPSA) is 61.8 Å². The maximum Gasteiger partial charge on any atom is 0.418 e. The molecular weight excluding hydrogens is 325 g/mol. The first-order valence-corrected chi connectivity index (χ1v) is 7.76. The van der Waals surface area contributed by atoms with E-state index in [-0.39, 0.29) is 18.2 Å². The molecule has 2 saturated heterocycles. The van der Waals surface area contributed by atoms with Gasteiger partial charge in [-0.15, -0.1) is 0 Å². The molecule has 24 heavy (non-hydrogen) atoms. The van der Waals surface area contributed by atoms with Crippen LogP contribution in [0.5, 0.6) is 0 Å². The van der Waals surface area contributed by atoms with E-state index in [9.17, 15) is 23.1 Å². The standard InChI is InChI=1S/C16H19F3N2O3/c17-16(18,19)12-3-1-2-4-13(12)20-14(23)21-7-11-8-24-6-5-15(11,9-21)10-22/h1-4,11,22H,5-10H2,(H,20,23)/t11-,15-/m1/s1. The number of aliphatic hydroxyl groups is 1. The predicted octanol–water partition coefficient (Wildman–Crippen LogP) is 2.57. The monoisotopic (exact) mass is 344 g/mol. The van der Waals surface area contributed by atoms with Crippen molar-refractivity contribution in [2.45, 2.75) is 12.6 Å². The Labute approximate surface area is 137 Å². The van der Waals surface area contributed by atoms with Crippen LogP contribution in [-0.4, -0.2) is 48.9 Å². The van der Waals surface area contributed by atoms with Gasteiger partial charge in [-0.05, 0) is 18.6 Å². The number of rotatable bonds is 2. The Balaban J connectivity index is 1.75. The minimum Gasteiger partial charge on any atom is -0.396 e. The third kappa shape index (κ3) is 3.08. The van der Waals surface area contributed by atoms with Crippen LogP contribution in [0, 0.1) is 11.3 Å². The normalized spacial score (nSPS) is 27.0. The lowest BCUT2D eigenvalue weighted by atomic mass is 9.75. The molecule has 132 valence electrons. The van der Waals surface area contributed by atoms with Crippen LogP contribution in [0.2, 0.25) is 0 Å². The molecule has 0 unspecified atom stereocenters. The number of hydrogen-bond donors (Lipinski definition) is 2. The average Bonchev–Trinajstić information content (AvgIpc) is 2.94. The molecule has 1 aromatic rings. The highest BCUT2D eigenvalue weighted by atomic mass is 19.4. The van der Waals surface area contributed by atoms with Gasteiger partial charge in [-0.2, -0.15) is 13.2 Å². The van der Waals surface area contributed by atoms with Gasteiger partial charge in [0, 0.05) is 31.0 Å². The van der Waals surface area contributed by atoms with Crippen molar-refractivity contribution < 1.29 is 27.8 Å². The number of fused-ring (bicyclic) bond motifs is 1. The molecule has 0 spiro atoms. The number of alkyl halides is 3. The summed E-state index contributed by atoms with van der Waals surface area (Å²) in [6.45, 7) is 1.58. The van der Waals surface area contributed by atoms with Gasteiger partial charge in [0.2, 0.25) is 0 Å². The van der Waals surface area contributed by atoms with E-state index < -0.39 is 23.2 Å². The van der Waals surface area contributed by atoms with Crippen molar-refractivity contribution >= 4 is 11.7 Å². The van der Waals surface area contributed by atoms with Gasteiger partial charge < -0.3 is 20.1 Å². The number of likely N-dealkylation sites (tertiary alicyclic amines) is 1. The van der Waals surface area contributed by atoms with Gasteiger partial charge in [-0.1, -0.05) is 12.1 Å². The zero-order chi connectivity index (χ0) is 17.4. The highest BCUT2D eigenvalue weighted by Gasteiger charge is 2.49. The minimum atomic E-state index is -4.54. The van der Waals surface area contributed by atoms with Crippen LogP contribution < -0.4 is 5.32 Å². The largest absolute Gasteiger partial charge is 0.418 e. The van der Waals surface area contributed by atoms with Crippen molar-refractivity contribution in [3.63, 3.8) is 0 Å². The van der Waals surface area contributed by atoms with Gasteiger partial charge in [0.15, 0.2) is 0 Å². The number of amides is 2. The molecule has 0 aliphatic carbocycles. The van der Waals surface area contributed by atoms with Crippen LogP contribution in [0.3, 0.4) is 0 Å². The third-order valence-corrected chi connectivity index (χ3v) is 4.95. The Hall–Kier alpha value is -1.80. The molecule has 2 amide bonds. The van der Waals surface area contributed by atoms with Crippen molar-refractivity contribution in [2.75, 3.05) is 38.2 Å². The fourth-order valence-corrected chi connectivity index (χ4v) is 3.49. The SMILES string of the molecule is O=C(Nc1ccccc1C(F)(F)F)N1C[C@@H]2COCC[C@]2(CO)C1. The lowest BCUT2D eigenvalue weighted by molar-refractivity contribution is -0.136. The number of nitrogens with one attached hydrogen (secondary N) is 1. The maximum atomic E-state index is 13.0. The predicted molar refractivity (Wildman–Crippen MR) is 80.5 cm³/mol. The second-order valence-electron chi connectivity index (χ2n) is 6.40. The fourth-order valence-electron chi connectivity index (χ4n) is 3.49. The summed E-state index contributed by atoms with van der Waals surface area (Å²) < 4.78 is 44.5. The molecule has 8 heteroatoms. The van der Waals surface area contributed by atoms with Gasteiger partial charge in [-0.3, -0.25) is 0 Å². The summed E-state index contributed by atoms with van der Waals surface area (Å²) in [6, 6.07) is 4.30. The van der Waals surface area contributed by atoms with Gasteiger partial charge in [-0.25, -0.2) is 4.79 Å². The summed E-state index contributed by atoms with van der Waals surface area (Å²) in [5.74, 6) is -0.000130. The van der Waals surface area contributed by atoms with Gasteiger partial charge >= 0.3 is 12.2 Å². The molecule has 0 saturated carbocycles. The first kappa shape index (κ1) is 17.0. The lowest BCUT2D eigenvalue weighted by Gasteiger charge is -2.36. The zero-order valence-corrected chi connectivity index (χ0v) is 13.0. The number of ether oxygens (including phenoxy) is 1. The Morgan fingerprint density at radius 1 is 1.42 bits per heavy atom. The molecule has 0 bridgehead atoms. The Morgan fingerprint density at radius 3 is 2.83 bits per heavy atom. The number of nitrogens with zero attached hydrogens (tertiary/aromatic N) is 1. The van der Waals surface area contributed by atoms with Gasteiger partial charge in [0.1, 0.15) is 0 Å². The molecule has 5 nitrogen and oxygen atoms in total. The number of halogens is 3. The first-order valence-electron chi connectivity index (χ1n) is 7.76. The van der Waals surface area contributed by atoms with Crippen LogP contribution in [0.15, 0.2) is 24.3 Å². The number of carbonyl (C=O) groups excluding carboxylic acids is 1. The molecule has 2 N–H and O–H groups in total. The second kappa shape index (κ2) is 6.25. The van der Waals surface area contributed by atoms with E-state index in [1.807, 2.05) is 0 Å². The molecular formula is C16H19F3N2O3. The molecule has 1 aromatic carbocycles. The molecule has 2 aliphatic rings. The van der Waals surface area contributed by atoms with Crippen LogP contribution in [0.4, 0.5) is 23.7 Å². The third-order valence-electron chi connectivity index (χ3n) is 4.95. The molecule has 3 rings (SSSR count). The Morgan fingerprint density at radius 2 is 2.17 bits per heavy atom. The summed E-state index contributed by atoms with van der Waals surface area (Å²) >= 11 is 0. The zero-order valence-electron chi connectivity index (χ0n) is 13.0. The number of benzene rings is 1. The first-order chi connectivity index (χ1) is 11.4. The van der Waals surface area contributed by atoms with E-state index >= 15 is 0 Å². The summed E-state index contributed by atoms with van der Waals surface area (Å²) in [7, 11) is 0. The van der Waals surface area contributed by atoms with Crippen LogP contribution in [0.1, 0.15) is 12.0 Å². The van der Waals surface area contributed by atoms with E-state index in [2.05, 4.69) is 5.32 Å². The number of para-hydroxylation sites is 1. The molecule has 2 aliphatic heterocycles. The molecule has 0 aromatic heterocycles. The van der Waals surface area contributed by atoms with Crippen molar-refractivity contribution in [3.05, 3.63) is 29.8 Å². The quantitative estimate of drug-likeness (QED) is 0.867. The van der Waals surface area contributed by atoms with Crippen LogP contribution >= 0.6 is 0 Å². The number of anilines is 1. The highest BCUT2D eigenvalue weighted by molar-refractivity contribution is 5.90. The number of hydrogen-bond acceptors (Lipinski definition) is 3. The van der Waals surface area contributed by atoms with Crippen molar-refractivity contribution in [1.29, 1.82) is 0 Å². The number of urea groups is 1. The van der Waals surface area contributed by atoms with Gasteiger partial charge in [0.05, 0.1) is 24.5 Å². The molecule has 2 fully saturated rings. The Kier molecular flexibility index (Phi) is 4.44. The van der Waals surface area contributed by atoms with Crippen molar-refractivity contribution in [3.8, 4) is 0 Å². The van der Waals surface area contributed by atoms with Gasteiger partial charge in [0.25, 0.3) is 0 Å². The molecule has 0 radical (unpaired) electrons. The fraction of sp³-hybridized carbons (Fsp3) is 0.562. The summed E-state index contributed by atoms with van der Waals surface area (Å²) in [4.78, 5) is 13.9. The second-order valence-corrected chi connectivity index (χ2v) is 6.40. The Bertz CT molecular complexity index is 623. The van der Waals surface area contributed by atoms with E-state index in [0.29, 0.717) is 32.7 Å². The lowest BCUT2D eigenvalue weighted by Crippen LogP contribution is -2.41. The van der Waals surface area contributed by atoms with E-state index in [4.69, 9.17) is 4.74 Å². The summed E-state index contributed by atoms with van der Waals surface area (Å²) in [6.07, 6.45) is -3.90. The minimum absolute atomic E-state index is 0.000130. The van der Waals surface area contributed by atoms with Crippen LogP contribution in [0.25, 0.3) is 0 Å². The van der Waals surface area contributed by atoms with E-state index in [1.165, 1.54) is 23.1 Å². The van der Waals surface area contributed by atoms with E-state index in [1.54, 1.807) is 0 Å². The van der Waals surface area contributed by atoms with Crippen molar-refractivity contribution in [2.24, 2.45) is 11.3 Å². The smallest absolute Gasteiger partial charge is 0.396 e. The van der Waals surface area contributed by atoms with Crippen molar-refractivity contribution in [1.82, 2.24) is 4.90 Å². The molecule has 2 atom stereocenters.